The Morgan fingerprint density at radius 1 is 1.23 bits per heavy atom. The number of rotatable bonds is 6. The Balaban J connectivity index is 1.85. The fourth-order valence-electron chi connectivity index (χ4n) is 3.51. The maximum atomic E-state index is 12.5. The number of ether oxygens (including phenoxy) is 1. The van der Waals surface area contributed by atoms with Gasteiger partial charge < -0.3 is 13.7 Å². The first-order chi connectivity index (χ1) is 14.3. The minimum absolute atomic E-state index is 0.0881. The summed E-state index contributed by atoms with van der Waals surface area (Å²) in [4.78, 5) is 24.4. The molecule has 0 unspecified atom stereocenters. The second-order valence-corrected chi connectivity index (χ2v) is 7.31. The summed E-state index contributed by atoms with van der Waals surface area (Å²) in [5, 5.41) is 10.2. The summed E-state index contributed by atoms with van der Waals surface area (Å²) in [6, 6.07) is 10.7. The highest BCUT2D eigenvalue weighted by molar-refractivity contribution is 5.98. The molecular formula is C24H24N2O4. The van der Waals surface area contributed by atoms with Crippen LogP contribution in [-0.4, -0.2) is 10.5 Å². The molecule has 6 nitrogen and oxygen atoms in total. The molecule has 154 valence electrons. The number of benzene rings is 1. The van der Waals surface area contributed by atoms with Gasteiger partial charge in [-0.25, -0.2) is 9.59 Å². The summed E-state index contributed by atoms with van der Waals surface area (Å²) in [5.41, 5.74) is 4.21. The predicted octanol–water partition coefficient (Wildman–Crippen LogP) is 4.58. The summed E-state index contributed by atoms with van der Waals surface area (Å²) < 4.78 is 12.7. The van der Waals surface area contributed by atoms with Crippen LogP contribution in [0.3, 0.4) is 0 Å². The van der Waals surface area contributed by atoms with E-state index in [1.807, 2.05) is 45.0 Å². The van der Waals surface area contributed by atoms with Crippen molar-refractivity contribution in [3.05, 3.63) is 74.4 Å². The van der Waals surface area contributed by atoms with E-state index in [-0.39, 0.29) is 12.2 Å². The van der Waals surface area contributed by atoms with Gasteiger partial charge in [-0.05, 0) is 56.5 Å². The van der Waals surface area contributed by atoms with E-state index in [0.29, 0.717) is 16.5 Å². The van der Waals surface area contributed by atoms with Crippen LogP contribution in [0.4, 0.5) is 0 Å². The molecule has 0 atom stereocenters. The largest absolute Gasteiger partial charge is 0.457 e. The van der Waals surface area contributed by atoms with Gasteiger partial charge in [-0.15, -0.1) is 0 Å². The second-order valence-electron chi connectivity index (χ2n) is 7.31. The highest BCUT2D eigenvalue weighted by Gasteiger charge is 2.15. The minimum atomic E-state index is -0.730. The van der Waals surface area contributed by atoms with Crippen molar-refractivity contribution in [2.45, 2.75) is 47.3 Å². The normalized spacial score (nSPS) is 11.5. The number of hydrogen-bond donors (Lipinski definition) is 0. The smallest absolute Gasteiger partial charge is 0.349 e. The summed E-state index contributed by atoms with van der Waals surface area (Å²) >= 11 is 0. The molecule has 0 aliphatic heterocycles. The highest BCUT2D eigenvalue weighted by Crippen LogP contribution is 2.21. The van der Waals surface area contributed by atoms with Gasteiger partial charge in [0.1, 0.15) is 23.8 Å². The molecule has 1 aromatic carbocycles. The van der Waals surface area contributed by atoms with Crippen molar-refractivity contribution < 1.29 is 13.9 Å². The molecule has 3 aromatic rings. The van der Waals surface area contributed by atoms with Gasteiger partial charge in [-0.2, -0.15) is 5.26 Å². The molecule has 30 heavy (non-hydrogen) atoms. The summed E-state index contributed by atoms with van der Waals surface area (Å²) in [7, 11) is 0. The van der Waals surface area contributed by atoms with Crippen molar-refractivity contribution in [3.63, 3.8) is 0 Å². The SMILES string of the molecule is CCCn1c(C)cc(C=C(C#N)C(=O)OCc2cc(=O)oc3cc(C)ccc23)c1C. The zero-order valence-corrected chi connectivity index (χ0v) is 17.6. The van der Waals surface area contributed by atoms with Crippen molar-refractivity contribution >= 4 is 23.0 Å². The van der Waals surface area contributed by atoms with E-state index in [4.69, 9.17) is 9.15 Å². The van der Waals surface area contributed by atoms with Gasteiger partial charge in [-0.1, -0.05) is 19.1 Å². The number of carbonyl (C=O) groups is 1. The molecule has 0 radical (unpaired) electrons. The molecule has 6 heteroatoms. The molecule has 0 amide bonds. The first-order valence-corrected chi connectivity index (χ1v) is 9.83. The van der Waals surface area contributed by atoms with Crippen LogP contribution in [0.5, 0.6) is 0 Å². The Morgan fingerprint density at radius 2 is 2.00 bits per heavy atom. The molecule has 0 bridgehead atoms. The second kappa shape index (κ2) is 8.83. The van der Waals surface area contributed by atoms with Gasteiger partial charge >= 0.3 is 11.6 Å². The molecule has 0 fully saturated rings. The lowest BCUT2D eigenvalue weighted by atomic mass is 10.1. The average Bonchev–Trinajstić information content (AvgIpc) is 2.97. The molecule has 0 spiro atoms. The van der Waals surface area contributed by atoms with E-state index in [2.05, 4.69) is 11.5 Å². The number of aromatic nitrogens is 1. The molecule has 0 aliphatic carbocycles. The third kappa shape index (κ3) is 4.36. The van der Waals surface area contributed by atoms with E-state index >= 15 is 0 Å². The van der Waals surface area contributed by atoms with Crippen LogP contribution in [0.25, 0.3) is 17.0 Å². The van der Waals surface area contributed by atoms with E-state index in [9.17, 15) is 14.9 Å². The van der Waals surface area contributed by atoms with Crippen LogP contribution < -0.4 is 5.63 Å². The molecule has 3 rings (SSSR count). The molecule has 0 N–H and O–H groups in total. The molecule has 2 aromatic heterocycles. The van der Waals surface area contributed by atoms with Gasteiger partial charge in [-0.3, -0.25) is 0 Å². The lowest BCUT2D eigenvalue weighted by Crippen LogP contribution is -2.09. The van der Waals surface area contributed by atoms with Crippen LogP contribution in [0.2, 0.25) is 0 Å². The number of nitrogens with zero attached hydrogens (tertiary/aromatic N) is 2. The van der Waals surface area contributed by atoms with E-state index in [0.717, 1.165) is 35.5 Å². The zero-order valence-electron chi connectivity index (χ0n) is 17.6. The standard InChI is InChI=1S/C24H24N2O4/c1-5-8-26-16(3)10-18(17(26)4)11-19(13-25)24(28)29-14-20-12-23(27)30-22-9-15(2)6-7-21(20)22/h6-7,9-12H,5,8,14H2,1-4H3. The monoisotopic (exact) mass is 404 g/mol. The van der Waals surface area contributed by atoms with Gasteiger partial charge in [0.25, 0.3) is 0 Å². The third-order valence-corrected chi connectivity index (χ3v) is 5.04. The number of nitriles is 1. The quantitative estimate of drug-likeness (QED) is 0.260. The van der Waals surface area contributed by atoms with Gasteiger partial charge in [0, 0.05) is 34.9 Å². The van der Waals surface area contributed by atoms with Gasteiger partial charge in [0.2, 0.25) is 0 Å². The summed E-state index contributed by atoms with van der Waals surface area (Å²) in [6.07, 6.45) is 2.54. The molecule has 0 saturated carbocycles. The number of aryl methyl sites for hydroxylation is 2. The van der Waals surface area contributed by atoms with Crippen molar-refractivity contribution in [2.75, 3.05) is 0 Å². The predicted molar refractivity (Wildman–Crippen MR) is 115 cm³/mol. The Kier molecular flexibility index (Phi) is 6.22. The van der Waals surface area contributed by atoms with E-state index in [1.54, 1.807) is 12.1 Å². The van der Waals surface area contributed by atoms with Crippen LogP contribution in [0, 0.1) is 32.1 Å². The number of fused-ring (bicyclic) bond motifs is 1. The summed E-state index contributed by atoms with van der Waals surface area (Å²) in [5.74, 6) is -0.730. The van der Waals surface area contributed by atoms with E-state index < -0.39 is 11.6 Å². The maximum Gasteiger partial charge on any atom is 0.349 e. The van der Waals surface area contributed by atoms with Gasteiger partial charge in [0.05, 0.1) is 0 Å². The topological polar surface area (TPSA) is 85.2 Å². The molecule has 2 heterocycles. The fraction of sp³-hybridized carbons (Fsp3) is 0.292. The van der Waals surface area contributed by atoms with Crippen LogP contribution in [0.1, 0.15) is 41.4 Å². The van der Waals surface area contributed by atoms with Crippen molar-refractivity contribution in [1.29, 1.82) is 5.26 Å². The minimum Gasteiger partial charge on any atom is -0.457 e. The van der Waals surface area contributed by atoms with Crippen molar-refractivity contribution in [1.82, 2.24) is 4.57 Å². The third-order valence-electron chi connectivity index (χ3n) is 5.04. The Bertz CT molecular complexity index is 1240. The van der Waals surface area contributed by atoms with Crippen LogP contribution in [-0.2, 0) is 22.7 Å². The number of carbonyl (C=O) groups excluding carboxylic acids is 1. The summed E-state index contributed by atoms with van der Waals surface area (Å²) in [6.45, 7) is 8.71. The fourth-order valence-corrected chi connectivity index (χ4v) is 3.51. The highest BCUT2D eigenvalue weighted by atomic mass is 16.5. The van der Waals surface area contributed by atoms with E-state index in [1.165, 1.54) is 6.07 Å². The first kappa shape index (κ1) is 21.1. The molecule has 0 aliphatic rings. The van der Waals surface area contributed by atoms with Crippen LogP contribution in [0.15, 0.2) is 45.1 Å². The maximum absolute atomic E-state index is 12.5. The van der Waals surface area contributed by atoms with Crippen molar-refractivity contribution in [3.8, 4) is 6.07 Å². The lowest BCUT2D eigenvalue weighted by Gasteiger charge is -2.08. The molecular weight excluding hydrogens is 380 g/mol. The Labute approximate surface area is 175 Å². The van der Waals surface area contributed by atoms with Crippen molar-refractivity contribution in [2.24, 2.45) is 0 Å². The van der Waals surface area contributed by atoms with Gasteiger partial charge in [0.15, 0.2) is 0 Å². The Morgan fingerprint density at radius 3 is 2.70 bits per heavy atom. The lowest BCUT2D eigenvalue weighted by molar-refractivity contribution is -0.139. The zero-order chi connectivity index (χ0) is 21.8. The number of hydrogen-bond acceptors (Lipinski definition) is 5. The first-order valence-electron chi connectivity index (χ1n) is 9.83. The van der Waals surface area contributed by atoms with Crippen LogP contribution >= 0.6 is 0 Å². The average molecular weight is 404 g/mol. The molecule has 0 saturated heterocycles. The Hall–Kier alpha value is -3.59. The number of esters is 1.